The lowest BCUT2D eigenvalue weighted by atomic mass is 9.83. The minimum Gasteiger partial charge on any atom is -0.334 e. The summed E-state index contributed by atoms with van der Waals surface area (Å²) in [6.45, 7) is 4.87. The van der Waals surface area contributed by atoms with Gasteiger partial charge in [0.05, 0.1) is 6.04 Å². The fourth-order valence-corrected chi connectivity index (χ4v) is 4.27. The number of carbonyl (C=O) groups is 1. The van der Waals surface area contributed by atoms with Crippen LogP contribution in [0.1, 0.15) is 49.4 Å². The minimum absolute atomic E-state index is 0.0176. The quantitative estimate of drug-likeness (QED) is 0.580. The Hall–Kier alpha value is -3.08. The number of rotatable bonds is 3. The maximum absolute atomic E-state index is 12.7. The number of aromatic amines is 1. The molecule has 0 saturated heterocycles. The Morgan fingerprint density at radius 3 is 2.66 bits per heavy atom. The zero-order valence-electron chi connectivity index (χ0n) is 16.9. The molecule has 5 heteroatoms. The second kappa shape index (κ2) is 7.74. The summed E-state index contributed by atoms with van der Waals surface area (Å²) in [7, 11) is 0. The van der Waals surface area contributed by atoms with E-state index in [2.05, 4.69) is 47.7 Å². The van der Waals surface area contributed by atoms with Crippen LogP contribution in [0.2, 0.25) is 0 Å². The lowest BCUT2D eigenvalue weighted by Crippen LogP contribution is -2.39. The first kappa shape index (κ1) is 19.2. The molecule has 0 fully saturated rings. The van der Waals surface area contributed by atoms with Crippen molar-refractivity contribution in [3.05, 3.63) is 81.8 Å². The van der Waals surface area contributed by atoms with Crippen molar-refractivity contribution in [2.75, 3.05) is 0 Å². The molecule has 3 N–H and O–H groups in total. The van der Waals surface area contributed by atoms with E-state index in [4.69, 9.17) is 0 Å². The molecule has 1 unspecified atom stereocenters. The van der Waals surface area contributed by atoms with E-state index in [0.717, 1.165) is 30.2 Å². The van der Waals surface area contributed by atoms with Crippen molar-refractivity contribution < 1.29 is 4.79 Å². The molecule has 29 heavy (non-hydrogen) atoms. The third-order valence-electron chi connectivity index (χ3n) is 5.90. The largest absolute Gasteiger partial charge is 0.334 e. The van der Waals surface area contributed by atoms with Gasteiger partial charge < -0.3 is 15.6 Å². The summed E-state index contributed by atoms with van der Waals surface area (Å²) in [5, 5.41) is 7.63. The van der Waals surface area contributed by atoms with Gasteiger partial charge in [-0.1, -0.05) is 56.3 Å². The van der Waals surface area contributed by atoms with E-state index in [1.54, 1.807) is 12.3 Å². The molecule has 0 aliphatic heterocycles. The first-order valence-corrected chi connectivity index (χ1v) is 10.1. The van der Waals surface area contributed by atoms with Crippen molar-refractivity contribution >= 4 is 16.8 Å². The van der Waals surface area contributed by atoms with Gasteiger partial charge in [-0.2, -0.15) is 0 Å². The highest BCUT2D eigenvalue weighted by Gasteiger charge is 2.30. The van der Waals surface area contributed by atoms with Gasteiger partial charge in [0.2, 0.25) is 0 Å². The van der Waals surface area contributed by atoms with E-state index in [9.17, 15) is 9.59 Å². The number of hydrogen-bond donors (Lipinski definition) is 3. The van der Waals surface area contributed by atoms with Crippen molar-refractivity contribution in [2.24, 2.45) is 5.41 Å². The smallest absolute Gasteiger partial charge is 0.315 e. The van der Waals surface area contributed by atoms with Gasteiger partial charge in [0.25, 0.3) is 5.56 Å². The molecule has 0 bridgehead atoms. The second-order valence-corrected chi connectivity index (χ2v) is 8.64. The fraction of sp³-hybridized carbons (Fsp3) is 0.333. The summed E-state index contributed by atoms with van der Waals surface area (Å²) in [5.74, 6) is 0. The molecule has 5 nitrogen and oxygen atoms in total. The number of benzene rings is 2. The van der Waals surface area contributed by atoms with Crippen molar-refractivity contribution in [1.29, 1.82) is 0 Å². The third-order valence-corrected chi connectivity index (χ3v) is 5.90. The molecule has 0 radical (unpaired) electrons. The van der Waals surface area contributed by atoms with Crippen molar-refractivity contribution in [3.8, 4) is 0 Å². The van der Waals surface area contributed by atoms with Crippen LogP contribution < -0.4 is 16.2 Å². The highest BCUT2D eigenvalue weighted by molar-refractivity contribution is 5.85. The highest BCUT2D eigenvalue weighted by atomic mass is 16.2. The Bertz CT molecular complexity index is 1100. The van der Waals surface area contributed by atoms with Gasteiger partial charge >= 0.3 is 6.03 Å². The van der Waals surface area contributed by atoms with Gasteiger partial charge in [-0.05, 0) is 52.8 Å². The zero-order valence-corrected chi connectivity index (χ0v) is 16.9. The molecular formula is C24H27N3O2. The molecule has 1 heterocycles. The lowest BCUT2D eigenvalue weighted by Gasteiger charge is -2.27. The summed E-state index contributed by atoms with van der Waals surface area (Å²) < 4.78 is 0. The van der Waals surface area contributed by atoms with E-state index >= 15 is 0 Å². The van der Waals surface area contributed by atoms with Crippen LogP contribution in [-0.4, -0.2) is 11.0 Å². The molecular weight excluding hydrogens is 362 g/mol. The van der Waals surface area contributed by atoms with Gasteiger partial charge in [-0.15, -0.1) is 0 Å². The third kappa shape index (κ3) is 4.19. The zero-order chi connectivity index (χ0) is 20.4. The predicted molar refractivity (Wildman–Crippen MR) is 116 cm³/mol. The maximum atomic E-state index is 12.7. The predicted octanol–water partition coefficient (Wildman–Crippen LogP) is 4.43. The van der Waals surface area contributed by atoms with Gasteiger partial charge in [0.15, 0.2) is 0 Å². The molecule has 2 aromatic carbocycles. The van der Waals surface area contributed by atoms with Crippen LogP contribution in [-0.2, 0) is 13.0 Å². The summed E-state index contributed by atoms with van der Waals surface area (Å²) >= 11 is 0. The number of hydrogen-bond acceptors (Lipinski definition) is 2. The lowest BCUT2D eigenvalue weighted by molar-refractivity contribution is 0.226. The normalized spacial score (nSPS) is 17.9. The van der Waals surface area contributed by atoms with Crippen molar-refractivity contribution in [3.63, 3.8) is 0 Å². The SMILES string of the molecule is CC1(C)CCc2ccccc2C(NC(=O)NCc2c[nH]c(=O)c3ccccc23)C1. The minimum atomic E-state index is -0.196. The Labute approximate surface area is 170 Å². The molecule has 2 amide bonds. The van der Waals surface area contributed by atoms with Gasteiger partial charge in [0, 0.05) is 18.1 Å². The van der Waals surface area contributed by atoms with Gasteiger partial charge in [-0.25, -0.2) is 4.79 Å². The summed E-state index contributed by atoms with van der Waals surface area (Å²) in [6, 6.07) is 15.6. The molecule has 1 atom stereocenters. The first-order chi connectivity index (χ1) is 13.9. The van der Waals surface area contributed by atoms with Crippen molar-refractivity contribution in [1.82, 2.24) is 15.6 Å². The molecule has 1 aliphatic rings. The average molecular weight is 389 g/mol. The summed E-state index contributed by atoms with van der Waals surface area (Å²) in [5.41, 5.74) is 3.45. The standard InChI is InChI=1S/C24H27N3O2/c1-24(2)12-11-16-7-3-4-9-19(16)21(13-24)27-23(29)26-15-17-14-25-22(28)20-10-6-5-8-18(17)20/h3-10,14,21H,11-13,15H2,1-2H3,(H,25,28)(H2,26,27,29). The van der Waals surface area contributed by atoms with E-state index in [1.165, 1.54) is 11.1 Å². The molecule has 4 rings (SSSR count). The maximum Gasteiger partial charge on any atom is 0.315 e. The number of H-pyrrole nitrogens is 1. The van der Waals surface area contributed by atoms with Crippen LogP contribution >= 0.6 is 0 Å². The van der Waals surface area contributed by atoms with Crippen LogP contribution in [0, 0.1) is 5.41 Å². The van der Waals surface area contributed by atoms with E-state index in [-0.39, 0.29) is 23.0 Å². The van der Waals surface area contributed by atoms with E-state index < -0.39 is 0 Å². The number of amides is 2. The molecule has 0 spiro atoms. The molecule has 150 valence electrons. The van der Waals surface area contributed by atoms with Crippen molar-refractivity contribution in [2.45, 2.75) is 45.7 Å². The molecule has 1 aromatic heterocycles. The Morgan fingerprint density at radius 2 is 1.83 bits per heavy atom. The number of nitrogens with one attached hydrogen (secondary N) is 3. The summed E-state index contributed by atoms with van der Waals surface area (Å²) in [4.78, 5) is 27.5. The van der Waals surface area contributed by atoms with E-state index in [0.29, 0.717) is 11.9 Å². The Kier molecular flexibility index (Phi) is 5.14. The number of pyridine rings is 1. The van der Waals surface area contributed by atoms with Crippen LogP contribution in [0.3, 0.4) is 0 Å². The fourth-order valence-electron chi connectivity index (χ4n) is 4.27. The number of aryl methyl sites for hydroxylation is 1. The second-order valence-electron chi connectivity index (χ2n) is 8.64. The first-order valence-electron chi connectivity index (χ1n) is 10.1. The van der Waals surface area contributed by atoms with Gasteiger partial charge in [0.1, 0.15) is 0 Å². The van der Waals surface area contributed by atoms with Crippen LogP contribution in [0.5, 0.6) is 0 Å². The van der Waals surface area contributed by atoms with E-state index in [1.807, 2.05) is 24.3 Å². The Balaban J connectivity index is 1.50. The number of urea groups is 1. The van der Waals surface area contributed by atoms with Crippen LogP contribution in [0.25, 0.3) is 10.8 Å². The van der Waals surface area contributed by atoms with Gasteiger partial charge in [-0.3, -0.25) is 4.79 Å². The number of fused-ring (bicyclic) bond motifs is 2. The molecule has 1 aliphatic carbocycles. The molecule has 3 aromatic rings. The average Bonchev–Trinajstić information content (AvgIpc) is 2.84. The highest BCUT2D eigenvalue weighted by Crippen LogP contribution is 2.39. The summed E-state index contributed by atoms with van der Waals surface area (Å²) in [6.07, 6.45) is 4.72. The van der Waals surface area contributed by atoms with Crippen LogP contribution in [0.4, 0.5) is 4.79 Å². The Morgan fingerprint density at radius 1 is 1.10 bits per heavy atom. The number of aromatic nitrogens is 1. The molecule has 0 saturated carbocycles. The number of carbonyl (C=O) groups excluding carboxylic acids is 1. The van der Waals surface area contributed by atoms with Crippen LogP contribution in [0.15, 0.2) is 59.5 Å². The topological polar surface area (TPSA) is 74.0 Å². The monoisotopic (exact) mass is 389 g/mol.